The van der Waals surface area contributed by atoms with Crippen LogP contribution in [0.5, 0.6) is 0 Å². The zero-order valence-corrected chi connectivity index (χ0v) is 40.2. The van der Waals surface area contributed by atoms with Crippen LogP contribution >= 0.6 is 11.3 Å². The minimum atomic E-state index is -1.61. The first-order valence-electron chi connectivity index (χ1n) is 21.3. The SMILES string of the molecule is CC(C)C(C(=O)/C=C(\O)C(C(C)C)C(C)C)C(C)C.CC[Si](CC)(CC)c1cc(-c2ncnc3c2sc2cc(CC4CCCC4)ccc23)[c-]c2ccccc12.[Ir]. The molecule has 1 aliphatic carbocycles. The molecule has 3 aromatic carbocycles. The number of carbonyl (C=O) groups excluding carboxylic acids is 1. The molecule has 0 atom stereocenters. The van der Waals surface area contributed by atoms with Gasteiger partial charge in [0.25, 0.3) is 0 Å². The first-order valence-corrected chi connectivity index (χ1v) is 24.7. The molecule has 1 saturated carbocycles. The number of rotatable bonds is 14. The summed E-state index contributed by atoms with van der Waals surface area (Å²) in [6, 6.07) is 25.9. The standard InChI is InChI=1S/C32H35N2SSi.C17H32O2.Ir/c1-4-36(5-2,6-3)29-20-25(19-24-13-9-10-14-26(24)29)30-32-31(34-21-33-30)27-16-15-23(18-28(27)35-32)17-22-11-7-8-12-22;1-10(2)16(11(3)4)14(18)9-15(19)17(12(5)6)13(7)8;/h9-10,13-16,18,20-22H,4-8,11-12,17H2,1-3H3;9-13,16-18H,1-8H3;/q-1;;/b;14-9-;. The summed E-state index contributed by atoms with van der Waals surface area (Å²) in [7, 11) is -1.61. The van der Waals surface area contributed by atoms with Crippen LogP contribution in [0.25, 0.3) is 42.3 Å². The number of hydrogen-bond acceptors (Lipinski definition) is 5. The summed E-state index contributed by atoms with van der Waals surface area (Å²) in [6.45, 7) is 23.8. The van der Waals surface area contributed by atoms with Gasteiger partial charge in [-0.15, -0.1) is 40.1 Å². The number of nitrogens with zero attached hydrogens (tertiary/aromatic N) is 2. The Morgan fingerprint density at radius 3 is 2.04 bits per heavy atom. The molecule has 0 spiro atoms. The van der Waals surface area contributed by atoms with Crippen molar-refractivity contribution in [1.29, 1.82) is 0 Å². The van der Waals surface area contributed by atoms with Gasteiger partial charge in [-0.3, -0.25) is 9.78 Å². The van der Waals surface area contributed by atoms with E-state index in [1.807, 2.05) is 11.3 Å². The molecule has 56 heavy (non-hydrogen) atoms. The van der Waals surface area contributed by atoms with Gasteiger partial charge in [-0.05, 0) is 47.6 Å². The first-order chi connectivity index (χ1) is 26.2. The maximum absolute atomic E-state index is 12.3. The number of hydrogen-bond donors (Lipinski definition) is 1. The fraction of sp³-hybridized carbons (Fsp3) is 0.531. The fourth-order valence-electron chi connectivity index (χ4n) is 9.82. The number of fused-ring (bicyclic) bond motifs is 4. The molecule has 0 saturated heterocycles. The van der Waals surface area contributed by atoms with Crippen molar-refractivity contribution in [2.45, 2.75) is 126 Å². The maximum atomic E-state index is 12.3. The van der Waals surface area contributed by atoms with Crippen molar-refractivity contribution in [3.8, 4) is 11.3 Å². The van der Waals surface area contributed by atoms with Crippen molar-refractivity contribution >= 4 is 61.5 Å². The Kier molecular flexibility index (Phi) is 16.7. The predicted molar refractivity (Wildman–Crippen MR) is 241 cm³/mol. The van der Waals surface area contributed by atoms with Crippen molar-refractivity contribution in [1.82, 2.24) is 9.97 Å². The van der Waals surface area contributed by atoms with Crippen molar-refractivity contribution in [2.75, 3.05) is 0 Å². The van der Waals surface area contributed by atoms with E-state index in [0.717, 1.165) is 22.7 Å². The van der Waals surface area contributed by atoms with Crippen LogP contribution in [0, 0.1) is 47.5 Å². The van der Waals surface area contributed by atoms with Gasteiger partial charge in [-0.25, -0.2) is 4.98 Å². The molecule has 305 valence electrons. The molecular formula is C49H67IrN2O2SSi-. The molecular weight excluding hydrogens is 901 g/mol. The van der Waals surface area contributed by atoms with Crippen molar-refractivity contribution in [3.63, 3.8) is 0 Å². The van der Waals surface area contributed by atoms with E-state index in [1.54, 1.807) is 11.5 Å². The molecule has 6 rings (SSSR count). The van der Waals surface area contributed by atoms with Crippen molar-refractivity contribution in [2.24, 2.45) is 41.4 Å². The van der Waals surface area contributed by atoms with Crippen LogP contribution in [-0.2, 0) is 31.3 Å². The molecule has 1 radical (unpaired) electrons. The Labute approximate surface area is 356 Å². The summed E-state index contributed by atoms with van der Waals surface area (Å²) in [4.78, 5) is 22.0. The fourth-order valence-corrected chi connectivity index (χ4v) is 14.9. The van der Waals surface area contributed by atoms with Crippen molar-refractivity contribution in [3.05, 3.63) is 78.3 Å². The van der Waals surface area contributed by atoms with Gasteiger partial charge in [-0.1, -0.05) is 161 Å². The number of aromatic nitrogens is 2. The van der Waals surface area contributed by atoms with Gasteiger partial charge in [0.15, 0.2) is 5.78 Å². The monoisotopic (exact) mass is 968 g/mol. The Balaban J connectivity index is 0.000000299. The first kappa shape index (κ1) is 46.0. The molecule has 2 aromatic heterocycles. The van der Waals surface area contributed by atoms with Gasteiger partial charge in [0.1, 0.15) is 6.33 Å². The summed E-state index contributed by atoms with van der Waals surface area (Å²) in [6.07, 6.45) is 10.0. The Hall–Kier alpha value is -2.70. The van der Waals surface area contributed by atoms with E-state index >= 15 is 0 Å². The molecule has 2 heterocycles. The van der Waals surface area contributed by atoms with Gasteiger partial charge < -0.3 is 5.11 Å². The van der Waals surface area contributed by atoms with Crippen LogP contribution in [0.2, 0.25) is 18.1 Å². The minimum absolute atomic E-state index is 0. The average molecular weight is 968 g/mol. The normalized spacial score (nSPS) is 14.3. The van der Waals surface area contributed by atoms with Crippen LogP contribution < -0.4 is 5.19 Å². The van der Waals surface area contributed by atoms with E-state index in [4.69, 9.17) is 9.97 Å². The Morgan fingerprint density at radius 1 is 0.839 bits per heavy atom. The maximum Gasteiger partial charge on any atom is 0.162 e. The molecule has 1 N–H and O–H groups in total. The zero-order chi connectivity index (χ0) is 40.0. The smallest absolute Gasteiger partial charge is 0.162 e. The number of aliphatic hydroxyl groups excluding tert-OH is 1. The molecule has 0 aliphatic heterocycles. The van der Waals surface area contributed by atoms with Gasteiger partial charge in [0.05, 0.1) is 19.3 Å². The van der Waals surface area contributed by atoms with Crippen LogP contribution in [-0.4, -0.2) is 28.9 Å². The Bertz CT molecular complexity index is 2070. The second-order valence-electron chi connectivity index (χ2n) is 17.7. The number of carbonyl (C=O) groups is 1. The van der Waals surface area contributed by atoms with Crippen molar-refractivity contribution < 1.29 is 30.0 Å². The molecule has 1 fully saturated rings. The quantitative estimate of drug-likeness (QED) is 0.0521. The van der Waals surface area contributed by atoms with Gasteiger partial charge in [-0.2, -0.15) is 0 Å². The van der Waals surface area contributed by atoms with Crippen LogP contribution in [0.1, 0.15) is 107 Å². The number of thiophene rings is 1. The minimum Gasteiger partial charge on any atom is -0.512 e. The molecule has 4 nitrogen and oxygen atoms in total. The van der Waals surface area contributed by atoms with E-state index in [-0.39, 0.29) is 43.5 Å². The zero-order valence-electron chi connectivity index (χ0n) is 36.0. The summed E-state index contributed by atoms with van der Waals surface area (Å²) >= 11 is 1.86. The second kappa shape index (κ2) is 20.3. The van der Waals surface area contributed by atoms with Crippen LogP contribution in [0.3, 0.4) is 0 Å². The van der Waals surface area contributed by atoms with E-state index < -0.39 is 8.07 Å². The van der Waals surface area contributed by atoms with Gasteiger partial charge in [0, 0.05) is 58.5 Å². The largest absolute Gasteiger partial charge is 0.512 e. The molecule has 7 heteroatoms. The van der Waals surface area contributed by atoms with Gasteiger partial charge >= 0.3 is 0 Å². The summed E-state index contributed by atoms with van der Waals surface area (Å²) in [5, 5.41) is 15.7. The van der Waals surface area contributed by atoms with E-state index in [1.165, 1.54) is 87.4 Å². The van der Waals surface area contributed by atoms with Gasteiger partial charge in [0.2, 0.25) is 0 Å². The summed E-state index contributed by atoms with van der Waals surface area (Å²) in [5.41, 5.74) is 4.72. The third-order valence-electron chi connectivity index (χ3n) is 12.8. The van der Waals surface area contributed by atoms with E-state index in [0.29, 0.717) is 23.7 Å². The third kappa shape index (κ3) is 10.1. The topological polar surface area (TPSA) is 63.1 Å². The Morgan fingerprint density at radius 2 is 1.45 bits per heavy atom. The van der Waals surface area contributed by atoms with E-state index in [9.17, 15) is 9.90 Å². The van der Waals surface area contributed by atoms with E-state index in [2.05, 4.69) is 131 Å². The summed E-state index contributed by atoms with van der Waals surface area (Å²) < 4.78 is 2.53. The number of ketones is 1. The number of aliphatic hydroxyl groups is 1. The molecule has 0 bridgehead atoms. The van der Waals surface area contributed by atoms with Crippen LogP contribution in [0.15, 0.2) is 66.7 Å². The second-order valence-corrected chi connectivity index (χ2v) is 23.9. The third-order valence-corrected chi connectivity index (χ3v) is 19.5. The molecule has 1 aliphatic rings. The molecule has 5 aromatic rings. The average Bonchev–Trinajstić information content (AvgIpc) is 3.79. The number of allylic oxidation sites excluding steroid dienone is 2. The number of benzene rings is 3. The molecule has 0 unspecified atom stereocenters. The predicted octanol–water partition coefficient (Wildman–Crippen LogP) is 13.8. The van der Waals surface area contributed by atoms with Crippen LogP contribution in [0.4, 0.5) is 0 Å². The summed E-state index contributed by atoms with van der Waals surface area (Å²) in [5.74, 6) is 2.49. The molecule has 0 amide bonds.